The molecule has 2 heterocycles. The number of anilines is 2. The average molecular weight is 438 g/mol. The molecular weight excluding hydrogens is 414 g/mol. The molecule has 8 nitrogen and oxygen atoms in total. The summed E-state index contributed by atoms with van der Waals surface area (Å²) in [6.45, 7) is 6.04. The number of rotatable bonds is 6. The first-order chi connectivity index (χ1) is 14.8. The van der Waals surface area contributed by atoms with Gasteiger partial charge in [0.05, 0.1) is 15.8 Å². The summed E-state index contributed by atoms with van der Waals surface area (Å²) in [5.41, 5.74) is 3.08. The smallest absolute Gasteiger partial charge is 0.263 e. The summed E-state index contributed by atoms with van der Waals surface area (Å²) in [7, 11) is -3.88. The van der Waals surface area contributed by atoms with Gasteiger partial charge in [0.2, 0.25) is 5.91 Å². The fourth-order valence-corrected chi connectivity index (χ4v) is 4.45. The van der Waals surface area contributed by atoms with Gasteiger partial charge < -0.3 is 5.32 Å². The molecule has 2 aromatic heterocycles. The van der Waals surface area contributed by atoms with Crippen molar-refractivity contribution in [2.24, 2.45) is 0 Å². The number of amides is 1. The number of benzene rings is 2. The van der Waals surface area contributed by atoms with Crippen LogP contribution in [0.1, 0.15) is 25.8 Å². The van der Waals surface area contributed by atoms with E-state index in [4.69, 9.17) is 4.98 Å². The Kier molecular flexibility index (Phi) is 5.36. The molecule has 0 atom stereocenters. The number of hydrogen-bond donors (Lipinski definition) is 2. The lowest BCUT2D eigenvalue weighted by atomic mass is 10.1. The molecule has 0 bridgehead atoms. The molecule has 2 N–H and O–H groups in total. The van der Waals surface area contributed by atoms with Crippen LogP contribution in [0.5, 0.6) is 0 Å². The van der Waals surface area contributed by atoms with Crippen LogP contribution in [0.15, 0.2) is 53.4 Å². The van der Waals surface area contributed by atoms with E-state index in [1.807, 2.05) is 38.1 Å². The highest BCUT2D eigenvalue weighted by Gasteiger charge is 2.20. The molecule has 0 saturated heterocycles. The SMILES string of the molecule is CCCn1nc(NS(=O)(=O)c2ccc(NC(C)=O)cc2)c2cc3cc(C)ccc3nc21. The molecule has 0 spiro atoms. The molecule has 1 amide bonds. The van der Waals surface area contributed by atoms with Crippen LogP contribution in [-0.2, 0) is 21.4 Å². The molecule has 0 saturated carbocycles. The van der Waals surface area contributed by atoms with Crippen molar-refractivity contribution in [1.29, 1.82) is 0 Å². The highest BCUT2D eigenvalue weighted by Crippen LogP contribution is 2.28. The Morgan fingerprint density at radius 1 is 1.10 bits per heavy atom. The quantitative estimate of drug-likeness (QED) is 0.473. The van der Waals surface area contributed by atoms with Crippen LogP contribution >= 0.6 is 0 Å². The van der Waals surface area contributed by atoms with Crippen LogP contribution in [0.3, 0.4) is 0 Å². The van der Waals surface area contributed by atoms with Crippen LogP contribution in [0.25, 0.3) is 21.9 Å². The van der Waals surface area contributed by atoms with Gasteiger partial charge in [0, 0.05) is 24.5 Å². The summed E-state index contributed by atoms with van der Waals surface area (Å²) >= 11 is 0. The van der Waals surface area contributed by atoms with E-state index in [9.17, 15) is 13.2 Å². The van der Waals surface area contributed by atoms with Gasteiger partial charge >= 0.3 is 0 Å². The van der Waals surface area contributed by atoms with Gasteiger partial charge in [-0.3, -0.25) is 9.52 Å². The molecule has 160 valence electrons. The molecule has 4 aromatic rings. The lowest BCUT2D eigenvalue weighted by molar-refractivity contribution is -0.114. The molecule has 0 unspecified atom stereocenters. The minimum atomic E-state index is -3.88. The van der Waals surface area contributed by atoms with Gasteiger partial charge in [-0.2, -0.15) is 5.10 Å². The number of carbonyl (C=O) groups excluding carboxylic acids is 1. The Hall–Kier alpha value is -3.46. The number of nitrogens with one attached hydrogen (secondary N) is 2. The van der Waals surface area contributed by atoms with Crippen molar-refractivity contribution in [3.05, 3.63) is 54.1 Å². The minimum absolute atomic E-state index is 0.0735. The number of aryl methyl sites for hydroxylation is 2. The first-order valence-corrected chi connectivity index (χ1v) is 11.4. The fraction of sp³-hybridized carbons (Fsp3) is 0.227. The van der Waals surface area contributed by atoms with Crippen molar-refractivity contribution < 1.29 is 13.2 Å². The molecule has 0 radical (unpaired) electrons. The zero-order valence-corrected chi connectivity index (χ0v) is 18.3. The summed E-state index contributed by atoms with van der Waals surface area (Å²) in [5, 5.41) is 8.68. The lowest BCUT2D eigenvalue weighted by Crippen LogP contribution is -2.14. The van der Waals surface area contributed by atoms with Crippen molar-refractivity contribution in [2.75, 3.05) is 10.0 Å². The maximum Gasteiger partial charge on any atom is 0.263 e. The van der Waals surface area contributed by atoms with E-state index in [2.05, 4.69) is 15.1 Å². The molecule has 0 aliphatic heterocycles. The summed E-state index contributed by atoms with van der Waals surface area (Å²) in [5.74, 6) is 0.0157. The van der Waals surface area contributed by atoms with Crippen molar-refractivity contribution in [1.82, 2.24) is 14.8 Å². The Bertz CT molecular complexity index is 1390. The van der Waals surface area contributed by atoms with Crippen molar-refractivity contribution in [2.45, 2.75) is 38.6 Å². The topological polar surface area (TPSA) is 106 Å². The third-order valence-electron chi connectivity index (χ3n) is 4.82. The summed E-state index contributed by atoms with van der Waals surface area (Å²) in [4.78, 5) is 16.0. The monoisotopic (exact) mass is 437 g/mol. The zero-order chi connectivity index (χ0) is 22.2. The highest BCUT2D eigenvalue weighted by atomic mass is 32.2. The summed E-state index contributed by atoms with van der Waals surface area (Å²) < 4.78 is 30.3. The van der Waals surface area contributed by atoms with Gasteiger partial charge in [-0.1, -0.05) is 18.6 Å². The van der Waals surface area contributed by atoms with Crippen molar-refractivity contribution >= 4 is 49.4 Å². The van der Waals surface area contributed by atoms with E-state index in [0.717, 1.165) is 22.9 Å². The number of nitrogens with zero attached hydrogens (tertiary/aromatic N) is 3. The van der Waals surface area contributed by atoms with Gasteiger partial charge in [-0.15, -0.1) is 0 Å². The standard InChI is InChI=1S/C22H23N5O3S/c1-4-11-27-22-19(13-16-12-14(2)5-10-20(16)24-22)21(25-27)26-31(29,30)18-8-6-17(7-9-18)23-15(3)28/h5-10,12-13H,4,11H2,1-3H3,(H,23,28)(H,25,26). The number of aromatic nitrogens is 3. The third-order valence-corrected chi connectivity index (χ3v) is 6.18. The van der Waals surface area contributed by atoms with Gasteiger partial charge in [0.15, 0.2) is 11.5 Å². The maximum absolute atomic E-state index is 13.0. The van der Waals surface area contributed by atoms with Crippen LogP contribution in [0, 0.1) is 6.92 Å². The first-order valence-electron chi connectivity index (χ1n) is 9.95. The number of pyridine rings is 1. The largest absolute Gasteiger partial charge is 0.326 e. The van der Waals surface area contributed by atoms with E-state index in [0.29, 0.717) is 23.3 Å². The van der Waals surface area contributed by atoms with Crippen LogP contribution < -0.4 is 10.0 Å². The molecule has 4 rings (SSSR count). The number of sulfonamides is 1. The fourth-order valence-electron chi connectivity index (χ4n) is 3.43. The zero-order valence-electron chi connectivity index (χ0n) is 17.5. The van der Waals surface area contributed by atoms with E-state index in [-0.39, 0.29) is 16.6 Å². The highest BCUT2D eigenvalue weighted by molar-refractivity contribution is 7.92. The molecule has 2 aromatic carbocycles. The molecule has 0 aliphatic carbocycles. The van der Waals surface area contributed by atoms with E-state index < -0.39 is 10.0 Å². The van der Waals surface area contributed by atoms with Gasteiger partial charge in [-0.05, 0) is 55.8 Å². The predicted molar refractivity (Wildman–Crippen MR) is 122 cm³/mol. The van der Waals surface area contributed by atoms with E-state index in [1.165, 1.54) is 19.1 Å². The number of fused-ring (bicyclic) bond motifs is 2. The molecule has 0 aliphatic rings. The summed E-state index contributed by atoms with van der Waals surface area (Å²) in [6, 6.07) is 13.8. The van der Waals surface area contributed by atoms with Gasteiger partial charge in [-0.25, -0.2) is 18.1 Å². The third kappa shape index (κ3) is 4.22. The van der Waals surface area contributed by atoms with Crippen LogP contribution in [-0.4, -0.2) is 29.1 Å². The second-order valence-corrected chi connectivity index (χ2v) is 9.12. The Labute approximate surface area is 180 Å². The Morgan fingerprint density at radius 2 is 1.84 bits per heavy atom. The van der Waals surface area contributed by atoms with Crippen LogP contribution in [0.4, 0.5) is 11.5 Å². The molecule has 0 fully saturated rings. The Morgan fingerprint density at radius 3 is 2.52 bits per heavy atom. The predicted octanol–water partition coefficient (Wildman–Crippen LogP) is 4.06. The second kappa shape index (κ2) is 7.99. The minimum Gasteiger partial charge on any atom is -0.326 e. The van der Waals surface area contributed by atoms with Gasteiger partial charge in [0.1, 0.15) is 0 Å². The Balaban J connectivity index is 1.76. The van der Waals surface area contributed by atoms with Gasteiger partial charge in [0.25, 0.3) is 10.0 Å². The van der Waals surface area contributed by atoms with Crippen LogP contribution in [0.2, 0.25) is 0 Å². The summed E-state index contributed by atoms with van der Waals surface area (Å²) in [6.07, 6.45) is 0.835. The van der Waals surface area contributed by atoms with E-state index in [1.54, 1.807) is 16.8 Å². The lowest BCUT2D eigenvalue weighted by Gasteiger charge is -2.08. The number of carbonyl (C=O) groups is 1. The molecule has 31 heavy (non-hydrogen) atoms. The number of hydrogen-bond acceptors (Lipinski definition) is 5. The van der Waals surface area contributed by atoms with Crippen molar-refractivity contribution in [3.8, 4) is 0 Å². The first kappa shape index (κ1) is 20.8. The van der Waals surface area contributed by atoms with E-state index >= 15 is 0 Å². The molecular formula is C22H23N5O3S. The molecule has 9 heteroatoms. The maximum atomic E-state index is 13.0. The normalized spacial score (nSPS) is 11.7. The second-order valence-electron chi connectivity index (χ2n) is 7.44. The van der Waals surface area contributed by atoms with Crippen molar-refractivity contribution in [3.63, 3.8) is 0 Å². The average Bonchev–Trinajstić information content (AvgIpc) is 3.02.